The molecule has 2 aromatic rings. The Morgan fingerprint density at radius 3 is 2.58 bits per heavy atom. The van der Waals surface area contributed by atoms with Crippen LogP contribution in [0.3, 0.4) is 0 Å². The Morgan fingerprint density at radius 1 is 1.25 bits per heavy atom. The molecule has 0 atom stereocenters. The summed E-state index contributed by atoms with van der Waals surface area (Å²) in [4.78, 5) is 16.1. The third-order valence-corrected chi connectivity index (χ3v) is 4.13. The fourth-order valence-corrected chi connectivity index (χ4v) is 2.83. The molecule has 0 unspecified atom stereocenters. The number of anilines is 1. The molecule has 0 bridgehead atoms. The Bertz CT molecular complexity index is 744. The van der Waals surface area contributed by atoms with E-state index in [0.29, 0.717) is 16.6 Å². The van der Waals surface area contributed by atoms with Crippen LogP contribution < -0.4 is 20.1 Å². The summed E-state index contributed by atoms with van der Waals surface area (Å²) >= 11 is 6.52. The van der Waals surface area contributed by atoms with Crippen LogP contribution in [0.2, 0.25) is 0 Å². The van der Waals surface area contributed by atoms with Gasteiger partial charge in [-0.1, -0.05) is 13.8 Å². The maximum absolute atomic E-state index is 11.6. The molecule has 6 nitrogen and oxygen atoms in total. The van der Waals surface area contributed by atoms with Gasteiger partial charge in [-0.25, -0.2) is 4.98 Å². The van der Waals surface area contributed by atoms with E-state index in [-0.39, 0.29) is 16.9 Å². The topological polar surface area (TPSA) is 72.5 Å². The Balaban J connectivity index is 2.10. The second-order valence-corrected chi connectivity index (χ2v) is 6.47. The molecule has 8 heteroatoms. The third-order valence-electron chi connectivity index (χ3n) is 3.17. The minimum atomic E-state index is -0.136. The molecule has 0 saturated heterocycles. The van der Waals surface area contributed by atoms with Crippen molar-refractivity contribution in [3.63, 3.8) is 0 Å². The maximum atomic E-state index is 11.6. The average Bonchev–Trinajstić information content (AvgIpc) is 3.02. The van der Waals surface area contributed by atoms with Crippen molar-refractivity contribution in [1.29, 1.82) is 0 Å². The quantitative estimate of drug-likeness (QED) is 0.792. The molecule has 1 amide bonds. The molecular formula is C16H19N3O3S2. The van der Waals surface area contributed by atoms with Crippen molar-refractivity contribution in [2.24, 2.45) is 5.92 Å². The van der Waals surface area contributed by atoms with Crippen LogP contribution in [-0.2, 0) is 4.79 Å². The lowest BCUT2D eigenvalue weighted by Gasteiger charge is -2.09. The minimum absolute atomic E-state index is 0.135. The minimum Gasteiger partial charge on any atom is -0.493 e. The zero-order valence-corrected chi connectivity index (χ0v) is 15.5. The zero-order chi connectivity index (χ0) is 17.7. The molecule has 0 saturated carbocycles. The lowest BCUT2D eigenvalue weighted by Crippen LogP contribution is -2.36. The molecule has 0 aliphatic rings. The first kappa shape index (κ1) is 18.2. The van der Waals surface area contributed by atoms with E-state index in [9.17, 15) is 4.79 Å². The average molecular weight is 365 g/mol. The maximum Gasteiger partial charge on any atom is 0.228 e. The highest BCUT2D eigenvalue weighted by atomic mass is 32.1. The van der Waals surface area contributed by atoms with Crippen LogP contribution in [0.25, 0.3) is 11.3 Å². The second kappa shape index (κ2) is 8.07. The largest absolute Gasteiger partial charge is 0.493 e. The summed E-state index contributed by atoms with van der Waals surface area (Å²) in [5.74, 6) is 1.03. The number of carbonyl (C=O) groups excluding carboxylic acids is 1. The summed E-state index contributed by atoms with van der Waals surface area (Å²) in [6.45, 7) is 3.60. The first-order chi connectivity index (χ1) is 11.4. The van der Waals surface area contributed by atoms with Crippen molar-refractivity contribution in [2.75, 3.05) is 19.5 Å². The van der Waals surface area contributed by atoms with Gasteiger partial charge in [-0.2, -0.15) is 0 Å². The van der Waals surface area contributed by atoms with Crippen LogP contribution in [0.5, 0.6) is 11.5 Å². The van der Waals surface area contributed by atoms with Gasteiger partial charge in [-0.05, 0) is 30.4 Å². The Hall–Kier alpha value is -2.19. The summed E-state index contributed by atoms with van der Waals surface area (Å²) in [6.07, 6.45) is 0. The standard InChI is InChI=1S/C16H19N3O3S2/c1-9(2)14(20)18-15(23)19-16-17-11(8-24-16)10-5-6-12(21-3)13(7-10)22-4/h5-9H,1-4H3,(H2,17,18,19,20,23). The van der Waals surface area contributed by atoms with Crippen molar-refractivity contribution in [2.45, 2.75) is 13.8 Å². The van der Waals surface area contributed by atoms with E-state index in [1.165, 1.54) is 11.3 Å². The predicted octanol–water partition coefficient (Wildman–Crippen LogP) is 3.30. The number of hydrogen-bond acceptors (Lipinski definition) is 6. The number of thiazole rings is 1. The summed E-state index contributed by atoms with van der Waals surface area (Å²) in [5.41, 5.74) is 1.68. The number of rotatable bonds is 5. The number of nitrogens with zero attached hydrogens (tertiary/aromatic N) is 1. The van der Waals surface area contributed by atoms with E-state index in [4.69, 9.17) is 21.7 Å². The van der Waals surface area contributed by atoms with E-state index in [2.05, 4.69) is 15.6 Å². The molecule has 0 aliphatic carbocycles. The molecule has 1 aromatic carbocycles. The fraction of sp³-hybridized carbons (Fsp3) is 0.312. The lowest BCUT2D eigenvalue weighted by atomic mass is 10.1. The predicted molar refractivity (Wildman–Crippen MR) is 99.9 cm³/mol. The van der Waals surface area contributed by atoms with E-state index < -0.39 is 0 Å². The van der Waals surface area contributed by atoms with E-state index >= 15 is 0 Å². The highest BCUT2D eigenvalue weighted by molar-refractivity contribution is 7.80. The van der Waals surface area contributed by atoms with Crippen molar-refractivity contribution < 1.29 is 14.3 Å². The third kappa shape index (κ3) is 4.42. The monoisotopic (exact) mass is 365 g/mol. The Kier molecular flexibility index (Phi) is 6.10. The molecule has 128 valence electrons. The summed E-state index contributed by atoms with van der Waals surface area (Å²) in [6, 6.07) is 5.59. The first-order valence-electron chi connectivity index (χ1n) is 7.24. The first-order valence-corrected chi connectivity index (χ1v) is 8.53. The van der Waals surface area contributed by atoms with Crippen molar-refractivity contribution in [3.05, 3.63) is 23.6 Å². The van der Waals surface area contributed by atoms with Crippen molar-refractivity contribution >= 4 is 39.7 Å². The van der Waals surface area contributed by atoms with Crippen LogP contribution in [-0.4, -0.2) is 30.2 Å². The van der Waals surface area contributed by atoms with Gasteiger partial charge < -0.3 is 20.1 Å². The van der Waals surface area contributed by atoms with Gasteiger partial charge in [0.15, 0.2) is 21.7 Å². The summed E-state index contributed by atoms with van der Waals surface area (Å²) in [7, 11) is 3.18. The van der Waals surface area contributed by atoms with Gasteiger partial charge in [0, 0.05) is 16.9 Å². The molecular weight excluding hydrogens is 346 g/mol. The number of ether oxygens (including phenoxy) is 2. The number of hydrogen-bond donors (Lipinski definition) is 2. The molecule has 0 fully saturated rings. The summed E-state index contributed by atoms with van der Waals surface area (Å²) < 4.78 is 10.5. The van der Waals surface area contributed by atoms with Gasteiger partial charge in [0.1, 0.15) is 0 Å². The number of thiocarbonyl (C=S) groups is 1. The van der Waals surface area contributed by atoms with Gasteiger partial charge in [0.2, 0.25) is 5.91 Å². The molecule has 2 N–H and O–H groups in total. The number of methoxy groups -OCH3 is 2. The Labute approximate surface area is 150 Å². The number of amides is 1. The van der Waals surface area contributed by atoms with Crippen LogP contribution >= 0.6 is 23.6 Å². The van der Waals surface area contributed by atoms with Gasteiger partial charge in [-0.3, -0.25) is 4.79 Å². The smallest absolute Gasteiger partial charge is 0.228 e. The molecule has 2 rings (SSSR count). The SMILES string of the molecule is COc1ccc(-c2csc(NC(=S)NC(=O)C(C)C)n2)cc1OC. The number of nitrogens with one attached hydrogen (secondary N) is 2. The normalized spacial score (nSPS) is 10.4. The highest BCUT2D eigenvalue weighted by Gasteiger charge is 2.12. The van der Waals surface area contributed by atoms with Crippen LogP contribution in [0.4, 0.5) is 5.13 Å². The highest BCUT2D eigenvalue weighted by Crippen LogP contribution is 2.33. The van der Waals surface area contributed by atoms with Crippen LogP contribution in [0, 0.1) is 5.92 Å². The molecule has 1 heterocycles. The number of carbonyl (C=O) groups is 1. The molecule has 24 heavy (non-hydrogen) atoms. The number of aromatic nitrogens is 1. The zero-order valence-electron chi connectivity index (χ0n) is 13.9. The van der Waals surface area contributed by atoms with Gasteiger partial charge in [0.05, 0.1) is 19.9 Å². The lowest BCUT2D eigenvalue weighted by molar-refractivity contribution is -0.122. The number of benzene rings is 1. The van der Waals surface area contributed by atoms with Crippen molar-refractivity contribution in [3.8, 4) is 22.8 Å². The Morgan fingerprint density at radius 2 is 1.96 bits per heavy atom. The second-order valence-electron chi connectivity index (χ2n) is 5.21. The van der Waals surface area contributed by atoms with E-state index in [1.54, 1.807) is 28.1 Å². The van der Waals surface area contributed by atoms with Crippen LogP contribution in [0.1, 0.15) is 13.8 Å². The van der Waals surface area contributed by atoms with Gasteiger partial charge in [0.25, 0.3) is 0 Å². The van der Waals surface area contributed by atoms with Gasteiger partial charge in [-0.15, -0.1) is 11.3 Å². The van der Waals surface area contributed by atoms with Gasteiger partial charge >= 0.3 is 0 Å². The van der Waals surface area contributed by atoms with E-state index in [1.807, 2.05) is 23.6 Å². The molecule has 0 spiro atoms. The fourth-order valence-electron chi connectivity index (χ4n) is 1.84. The summed E-state index contributed by atoms with van der Waals surface area (Å²) in [5, 5.41) is 8.28. The molecule has 1 aromatic heterocycles. The van der Waals surface area contributed by atoms with Crippen molar-refractivity contribution in [1.82, 2.24) is 10.3 Å². The molecule has 0 aliphatic heterocycles. The van der Waals surface area contributed by atoms with Crippen LogP contribution in [0.15, 0.2) is 23.6 Å². The van der Waals surface area contributed by atoms with E-state index in [0.717, 1.165) is 11.3 Å². The molecule has 0 radical (unpaired) electrons.